The van der Waals surface area contributed by atoms with Crippen LogP contribution in [0.1, 0.15) is 36.6 Å². The molecule has 2 heteroatoms. The van der Waals surface area contributed by atoms with E-state index in [9.17, 15) is 0 Å². The molecule has 0 aromatic heterocycles. The van der Waals surface area contributed by atoms with Gasteiger partial charge in [0.1, 0.15) is 0 Å². The minimum absolute atomic E-state index is 0.0791. The van der Waals surface area contributed by atoms with Crippen LogP contribution in [-0.4, -0.2) is 12.9 Å². The fourth-order valence-electron chi connectivity index (χ4n) is 2.93. The molecule has 1 saturated heterocycles. The number of benzene rings is 1. The second kappa shape index (κ2) is 3.31. The fourth-order valence-corrected chi connectivity index (χ4v) is 2.93. The van der Waals surface area contributed by atoms with Gasteiger partial charge in [-0.2, -0.15) is 0 Å². The zero-order valence-corrected chi connectivity index (χ0v) is 10.1. The quantitative estimate of drug-likeness (QED) is 0.666. The highest BCUT2D eigenvalue weighted by molar-refractivity contribution is 5.40. The molecule has 0 saturated carbocycles. The van der Waals surface area contributed by atoms with Gasteiger partial charge in [-0.3, -0.25) is 0 Å². The Morgan fingerprint density at radius 3 is 3.00 bits per heavy atom. The summed E-state index contributed by atoms with van der Waals surface area (Å²) in [6.07, 6.45) is 1.20. The van der Waals surface area contributed by atoms with Gasteiger partial charge in [-0.05, 0) is 31.4 Å². The maximum atomic E-state index is 5.97. The number of hydrogen-bond acceptors (Lipinski definition) is 2. The van der Waals surface area contributed by atoms with Gasteiger partial charge in [0, 0.05) is 5.41 Å². The Balaban J connectivity index is 2.05. The van der Waals surface area contributed by atoms with Gasteiger partial charge in [-0.15, -0.1) is 0 Å². The highest BCUT2D eigenvalue weighted by Gasteiger charge is 2.47. The maximum Gasteiger partial charge on any atom is 0.155 e. The zero-order valence-electron chi connectivity index (χ0n) is 10.1. The van der Waals surface area contributed by atoms with Gasteiger partial charge in [-0.25, -0.2) is 0 Å². The van der Waals surface area contributed by atoms with E-state index < -0.39 is 0 Å². The van der Waals surface area contributed by atoms with E-state index >= 15 is 0 Å². The van der Waals surface area contributed by atoms with E-state index in [1.807, 2.05) is 6.92 Å². The topological polar surface area (TPSA) is 18.5 Å². The molecule has 1 heterocycles. The van der Waals surface area contributed by atoms with Crippen LogP contribution in [0.25, 0.3) is 0 Å². The molecule has 1 aliphatic heterocycles. The molecule has 1 fully saturated rings. The molecule has 1 aliphatic carbocycles. The summed E-state index contributed by atoms with van der Waals surface area (Å²) < 4.78 is 11.6. The summed E-state index contributed by atoms with van der Waals surface area (Å²) in [4.78, 5) is 0. The van der Waals surface area contributed by atoms with Crippen molar-refractivity contribution >= 4 is 0 Å². The summed E-state index contributed by atoms with van der Waals surface area (Å²) >= 11 is 0. The van der Waals surface area contributed by atoms with Crippen LogP contribution in [0.15, 0.2) is 18.2 Å². The van der Waals surface area contributed by atoms with E-state index in [4.69, 9.17) is 9.47 Å². The lowest BCUT2D eigenvalue weighted by Crippen LogP contribution is -2.39. The van der Waals surface area contributed by atoms with Crippen molar-refractivity contribution < 1.29 is 9.47 Å². The van der Waals surface area contributed by atoms with Gasteiger partial charge < -0.3 is 9.47 Å². The van der Waals surface area contributed by atoms with Crippen molar-refractivity contribution in [2.24, 2.45) is 5.41 Å². The average Bonchev–Trinajstić information content (AvgIpc) is 2.52. The molecule has 2 nitrogen and oxygen atoms in total. The first-order valence-electron chi connectivity index (χ1n) is 5.95. The minimum Gasteiger partial charge on any atom is -0.352 e. The summed E-state index contributed by atoms with van der Waals surface area (Å²) in [5, 5.41) is 0. The molecule has 0 amide bonds. The normalized spacial score (nSPS) is 36.9. The Morgan fingerprint density at radius 2 is 2.19 bits per heavy atom. The van der Waals surface area contributed by atoms with E-state index in [1.165, 1.54) is 16.7 Å². The third-order valence-electron chi connectivity index (χ3n) is 3.79. The van der Waals surface area contributed by atoms with Crippen molar-refractivity contribution in [2.75, 3.05) is 6.61 Å². The lowest BCUT2D eigenvalue weighted by Gasteiger charge is -2.39. The van der Waals surface area contributed by atoms with Gasteiger partial charge in [-0.1, -0.05) is 30.7 Å². The molecule has 2 aliphatic rings. The van der Waals surface area contributed by atoms with Crippen molar-refractivity contribution in [1.29, 1.82) is 0 Å². The highest BCUT2D eigenvalue weighted by Crippen LogP contribution is 2.50. The van der Waals surface area contributed by atoms with E-state index in [0.29, 0.717) is 0 Å². The highest BCUT2D eigenvalue weighted by atomic mass is 16.7. The molecule has 1 aromatic carbocycles. The van der Waals surface area contributed by atoms with Crippen LogP contribution in [0.3, 0.4) is 0 Å². The van der Waals surface area contributed by atoms with Crippen molar-refractivity contribution in [1.82, 2.24) is 0 Å². The summed E-state index contributed by atoms with van der Waals surface area (Å²) in [6, 6.07) is 6.69. The Hall–Kier alpha value is -0.860. The van der Waals surface area contributed by atoms with Crippen LogP contribution in [0.4, 0.5) is 0 Å². The van der Waals surface area contributed by atoms with E-state index in [2.05, 4.69) is 32.0 Å². The summed E-state index contributed by atoms with van der Waals surface area (Å²) in [7, 11) is 0. The molecular weight excluding hydrogens is 200 g/mol. The van der Waals surface area contributed by atoms with Crippen molar-refractivity contribution in [3.05, 3.63) is 34.9 Å². The lowest BCUT2D eigenvalue weighted by molar-refractivity contribution is -0.253. The number of aryl methyl sites for hydroxylation is 1. The van der Waals surface area contributed by atoms with Crippen LogP contribution < -0.4 is 0 Å². The standard InChI is InChI=1S/C14H18O2/c1-9-4-5-11-7-14(3)8-15-10(2)16-13(14)12(11)6-9/h4-6,10,13H,7-8H2,1-3H3/t10-,13+,14+/m1/s1. The molecular formula is C14H18O2. The van der Waals surface area contributed by atoms with E-state index in [-0.39, 0.29) is 17.8 Å². The molecule has 0 bridgehead atoms. The van der Waals surface area contributed by atoms with E-state index in [0.717, 1.165) is 13.0 Å². The molecule has 0 radical (unpaired) electrons. The monoisotopic (exact) mass is 218 g/mol. The van der Waals surface area contributed by atoms with Crippen LogP contribution in [0, 0.1) is 12.3 Å². The zero-order chi connectivity index (χ0) is 11.3. The Kier molecular flexibility index (Phi) is 2.13. The number of fused-ring (bicyclic) bond motifs is 3. The smallest absolute Gasteiger partial charge is 0.155 e. The SMILES string of the molecule is Cc1ccc2c(c1)[C@@H]1O[C@H](C)OC[C@]1(C)C2. The molecule has 3 atom stereocenters. The Bertz CT molecular complexity index is 427. The van der Waals surface area contributed by atoms with Gasteiger partial charge in [0.2, 0.25) is 0 Å². The number of hydrogen-bond donors (Lipinski definition) is 0. The predicted molar refractivity (Wildman–Crippen MR) is 62.2 cm³/mol. The number of ether oxygens (including phenoxy) is 2. The van der Waals surface area contributed by atoms with Crippen LogP contribution in [0.2, 0.25) is 0 Å². The van der Waals surface area contributed by atoms with Crippen molar-refractivity contribution in [2.45, 2.75) is 39.6 Å². The third-order valence-corrected chi connectivity index (χ3v) is 3.79. The lowest BCUT2D eigenvalue weighted by atomic mass is 9.85. The molecule has 16 heavy (non-hydrogen) atoms. The first-order chi connectivity index (χ1) is 7.58. The predicted octanol–water partition coefficient (Wildman–Crippen LogP) is 2.99. The molecule has 3 rings (SSSR count). The molecule has 86 valence electrons. The fraction of sp³-hybridized carbons (Fsp3) is 0.571. The van der Waals surface area contributed by atoms with Crippen molar-refractivity contribution in [3.8, 4) is 0 Å². The summed E-state index contributed by atoms with van der Waals surface area (Å²) in [6.45, 7) is 7.18. The Labute approximate surface area is 96.6 Å². The third kappa shape index (κ3) is 1.40. The minimum atomic E-state index is -0.0791. The van der Waals surface area contributed by atoms with Crippen LogP contribution in [0.5, 0.6) is 0 Å². The second-order valence-electron chi connectivity index (χ2n) is 5.43. The number of rotatable bonds is 0. The van der Waals surface area contributed by atoms with E-state index in [1.54, 1.807) is 0 Å². The van der Waals surface area contributed by atoms with Crippen LogP contribution in [-0.2, 0) is 15.9 Å². The summed E-state index contributed by atoms with van der Waals surface area (Å²) in [5.74, 6) is 0. The van der Waals surface area contributed by atoms with Gasteiger partial charge >= 0.3 is 0 Å². The van der Waals surface area contributed by atoms with Gasteiger partial charge in [0.05, 0.1) is 12.7 Å². The first kappa shape index (κ1) is 10.3. The first-order valence-corrected chi connectivity index (χ1v) is 5.95. The van der Waals surface area contributed by atoms with Gasteiger partial charge in [0.25, 0.3) is 0 Å². The average molecular weight is 218 g/mol. The second-order valence-corrected chi connectivity index (χ2v) is 5.43. The molecule has 0 spiro atoms. The maximum absolute atomic E-state index is 5.97. The van der Waals surface area contributed by atoms with Gasteiger partial charge in [0.15, 0.2) is 6.29 Å². The summed E-state index contributed by atoms with van der Waals surface area (Å²) in [5.41, 5.74) is 4.24. The van der Waals surface area contributed by atoms with Crippen LogP contribution >= 0.6 is 0 Å². The molecule has 1 aromatic rings. The largest absolute Gasteiger partial charge is 0.352 e. The Morgan fingerprint density at radius 1 is 1.38 bits per heavy atom. The van der Waals surface area contributed by atoms with Crippen molar-refractivity contribution in [3.63, 3.8) is 0 Å². The molecule has 0 unspecified atom stereocenters. The molecule has 0 N–H and O–H groups in total.